The van der Waals surface area contributed by atoms with Crippen LogP contribution >= 0.6 is 0 Å². The molecule has 0 unspecified atom stereocenters. The lowest BCUT2D eigenvalue weighted by Gasteiger charge is -2.10. The van der Waals surface area contributed by atoms with Crippen molar-refractivity contribution >= 4 is 11.9 Å². The molecule has 0 aliphatic rings. The van der Waals surface area contributed by atoms with E-state index < -0.39 is 5.97 Å². The second-order valence-corrected chi connectivity index (χ2v) is 4.99. The van der Waals surface area contributed by atoms with Gasteiger partial charge in [-0.25, -0.2) is 4.79 Å². The first-order valence-electron chi connectivity index (χ1n) is 7.28. The Morgan fingerprint density at radius 1 is 1.21 bits per heavy atom. The van der Waals surface area contributed by atoms with Crippen LogP contribution in [0.4, 0.5) is 0 Å². The van der Waals surface area contributed by atoms with Crippen LogP contribution in [0, 0.1) is 0 Å². The minimum atomic E-state index is -1.12. The third kappa shape index (κ3) is 4.48. The van der Waals surface area contributed by atoms with Crippen LogP contribution in [0.25, 0.3) is 0 Å². The van der Waals surface area contributed by atoms with E-state index in [9.17, 15) is 9.59 Å². The standard InChI is InChI=1S/C16H19N3O5/c1-23-13-4-3-11(9-14(13)24-2)5-7-17-15(20)10-19-8-6-12(18-19)16(21)22/h3-4,6,8-9H,5,7,10H2,1-2H3,(H,17,20)(H,21,22). The van der Waals surface area contributed by atoms with E-state index in [1.54, 1.807) is 14.2 Å². The summed E-state index contributed by atoms with van der Waals surface area (Å²) in [5.74, 6) is -0.0737. The summed E-state index contributed by atoms with van der Waals surface area (Å²) >= 11 is 0. The Morgan fingerprint density at radius 3 is 2.58 bits per heavy atom. The van der Waals surface area contributed by atoms with E-state index in [1.807, 2.05) is 18.2 Å². The largest absolute Gasteiger partial charge is 0.493 e. The maximum absolute atomic E-state index is 11.8. The van der Waals surface area contributed by atoms with Gasteiger partial charge in [-0.3, -0.25) is 9.48 Å². The van der Waals surface area contributed by atoms with E-state index in [0.717, 1.165) is 5.56 Å². The number of carboxylic acid groups (broad SMARTS) is 1. The molecule has 8 nitrogen and oxygen atoms in total. The van der Waals surface area contributed by atoms with Crippen molar-refractivity contribution in [3.8, 4) is 11.5 Å². The summed E-state index contributed by atoms with van der Waals surface area (Å²) in [5, 5.41) is 15.3. The van der Waals surface area contributed by atoms with Crippen molar-refractivity contribution in [3.05, 3.63) is 41.7 Å². The summed E-state index contributed by atoms with van der Waals surface area (Å²) in [7, 11) is 3.14. The van der Waals surface area contributed by atoms with Gasteiger partial charge >= 0.3 is 5.97 Å². The third-order valence-electron chi connectivity index (χ3n) is 3.35. The molecule has 128 valence electrons. The van der Waals surface area contributed by atoms with E-state index in [2.05, 4.69) is 10.4 Å². The van der Waals surface area contributed by atoms with E-state index in [0.29, 0.717) is 24.5 Å². The van der Waals surface area contributed by atoms with E-state index in [4.69, 9.17) is 14.6 Å². The van der Waals surface area contributed by atoms with Gasteiger partial charge in [0.05, 0.1) is 14.2 Å². The normalized spacial score (nSPS) is 10.2. The lowest BCUT2D eigenvalue weighted by atomic mass is 10.1. The summed E-state index contributed by atoms with van der Waals surface area (Å²) in [4.78, 5) is 22.6. The van der Waals surface area contributed by atoms with Crippen molar-refractivity contribution in [2.75, 3.05) is 20.8 Å². The quantitative estimate of drug-likeness (QED) is 0.746. The van der Waals surface area contributed by atoms with Crippen LogP contribution < -0.4 is 14.8 Å². The zero-order valence-corrected chi connectivity index (χ0v) is 13.5. The van der Waals surface area contributed by atoms with Crippen molar-refractivity contribution in [2.45, 2.75) is 13.0 Å². The zero-order valence-electron chi connectivity index (χ0n) is 13.5. The average molecular weight is 333 g/mol. The number of methoxy groups -OCH3 is 2. The molecule has 24 heavy (non-hydrogen) atoms. The Morgan fingerprint density at radius 2 is 1.96 bits per heavy atom. The van der Waals surface area contributed by atoms with Gasteiger partial charge < -0.3 is 19.9 Å². The van der Waals surface area contributed by atoms with Gasteiger partial charge in [0.15, 0.2) is 17.2 Å². The molecule has 1 amide bonds. The van der Waals surface area contributed by atoms with E-state index >= 15 is 0 Å². The molecule has 0 aliphatic carbocycles. The minimum Gasteiger partial charge on any atom is -0.493 e. The molecule has 0 atom stereocenters. The predicted octanol–water partition coefficient (Wildman–Crippen LogP) is 0.957. The van der Waals surface area contributed by atoms with Crippen LogP contribution in [0.3, 0.4) is 0 Å². The molecule has 2 aromatic rings. The number of carboxylic acids is 1. The minimum absolute atomic E-state index is 0.0286. The van der Waals surface area contributed by atoms with Crippen LogP contribution in [0.15, 0.2) is 30.5 Å². The fourth-order valence-corrected chi connectivity index (χ4v) is 2.15. The van der Waals surface area contributed by atoms with Crippen molar-refractivity contribution in [3.63, 3.8) is 0 Å². The van der Waals surface area contributed by atoms with Gasteiger partial charge in [0.25, 0.3) is 0 Å². The number of hydrogen-bond donors (Lipinski definition) is 2. The molecule has 0 saturated heterocycles. The number of aromatic nitrogens is 2. The fraction of sp³-hybridized carbons (Fsp3) is 0.312. The molecule has 2 rings (SSSR count). The van der Waals surface area contributed by atoms with Gasteiger partial charge in [-0.05, 0) is 30.2 Å². The molecule has 0 saturated carbocycles. The number of amides is 1. The van der Waals surface area contributed by atoms with Crippen molar-refractivity contribution in [1.29, 1.82) is 0 Å². The number of benzene rings is 1. The topological polar surface area (TPSA) is 103 Å². The molecule has 1 heterocycles. The molecule has 0 aliphatic heterocycles. The number of aromatic carboxylic acids is 1. The molecular weight excluding hydrogens is 314 g/mol. The Kier molecular flexibility index (Phi) is 5.78. The Balaban J connectivity index is 1.82. The molecule has 8 heteroatoms. The number of hydrogen-bond acceptors (Lipinski definition) is 5. The molecule has 0 bridgehead atoms. The highest BCUT2D eigenvalue weighted by atomic mass is 16.5. The number of nitrogens with one attached hydrogen (secondary N) is 1. The first-order valence-corrected chi connectivity index (χ1v) is 7.28. The molecule has 0 radical (unpaired) electrons. The lowest BCUT2D eigenvalue weighted by Crippen LogP contribution is -2.29. The summed E-state index contributed by atoms with van der Waals surface area (Å²) in [5.41, 5.74) is 0.910. The first kappa shape index (κ1) is 17.3. The molecule has 2 N–H and O–H groups in total. The highest BCUT2D eigenvalue weighted by Gasteiger charge is 2.09. The highest BCUT2D eigenvalue weighted by Crippen LogP contribution is 2.27. The Hall–Kier alpha value is -3.03. The number of carbonyl (C=O) groups is 2. The van der Waals surface area contributed by atoms with Gasteiger partial charge in [0, 0.05) is 12.7 Å². The van der Waals surface area contributed by atoms with Crippen LogP contribution in [-0.4, -0.2) is 47.5 Å². The monoisotopic (exact) mass is 333 g/mol. The average Bonchev–Trinajstić information content (AvgIpc) is 3.03. The van der Waals surface area contributed by atoms with Gasteiger partial charge in [0.2, 0.25) is 5.91 Å². The lowest BCUT2D eigenvalue weighted by molar-refractivity contribution is -0.121. The van der Waals surface area contributed by atoms with E-state index in [-0.39, 0.29) is 18.1 Å². The SMILES string of the molecule is COc1ccc(CCNC(=O)Cn2ccc(C(=O)O)n2)cc1OC. The summed E-state index contributed by atoms with van der Waals surface area (Å²) < 4.78 is 11.7. The molecule has 0 spiro atoms. The highest BCUT2D eigenvalue weighted by molar-refractivity contribution is 5.85. The van der Waals surface area contributed by atoms with Gasteiger partial charge in [0.1, 0.15) is 6.54 Å². The van der Waals surface area contributed by atoms with Crippen LogP contribution in [0.2, 0.25) is 0 Å². The molecule has 1 aromatic carbocycles. The summed E-state index contributed by atoms with van der Waals surface area (Å²) in [6, 6.07) is 6.92. The van der Waals surface area contributed by atoms with Crippen molar-refractivity contribution in [2.24, 2.45) is 0 Å². The number of rotatable bonds is 8. The second kappa shape index (κ2) is 8.00. The van der Waals surface area contributed by atoms with Crippen LogP contribution in [-0.2, 0) is 17.8 Å². The Bertz CT molecular complexity index is 726. The second-order valence-electron chi connectivity index (χ2n) is 4.99. The number of carbonyl (C=O) groups excluding carboxylic acids is 1. The van der Waals surface area contributed by atoms with Crippen LogP contribution in [0.1, 0.15) is 16.1 Å². The van der Waals surface area contributed by atoms with Gasteiger partial charge in [-0.15, -0.1) is 0 Å². The first-order chi connectivity index (χ1) is 11.5. The molecule has 1 aromatic heterocycles. The van der Waals surface area contributed by atoms with Crippen molar-refractivity contribution in [1.82, 2.24) is 15.1 Å². The number of ether oxygens (including phenoxy) is 2. The fourth-order valence-electron chi connectivity index (χ4n) is 2.15. The summed E-state index contributed by atoms with van der Waals surface area (Å²) in [6.45, 7) is 0.417. The number of nitrogens with zero attached hydrogens (tertiary/aromatic N) is 2. The Labute approximate surface area is 139 Å². The predicted molar refractivity (Wildman–Crippen MR) is 85.4 cm³/mol. The van der Waals surface area contributed by atoms with Crippen LogP contribution in [0.5, 0.6) is 11.5 Å². The summed E-state index contributed by atoms with van der Waals surface area (Å²) in [6.07, 6.45) is 2.09. The van der Waals surface area contributed by atoms with Crippen molar-refractivity contribution < 1.29 is 24.2 Å². The molecular formula is C16H19N3O5. The third-order valence-corrected chi connectivity index (χ3v) is 3.35. The smallest absolute Gasteiger partial charge is 0.356 e. The maximum Gasteiger partial charge on any atom is 0.356 e. The van der Waals surface area contributed by atoms with Gasteiger partial charge in [-0.2, -0.15) is 5.10 Å². The van der Waals surface area contributed by atoms with E-state index in [1.165, 1.54) is 16.9 Å². The molecule has 0 fully saturated rings. The van der Waals surface area contributed by atoms with Gasteiger partial charge in [-0.1, -0.05) is 6.07 Å². The zero-order chi connectivity index (χ0) is 17.5. The maximum atomic E-state index is 11.8.